The minimum Gasteiger partial charge on any atom is -0.384 e. The minimum absolute atomic E-state index is 0.0489. The molecule has 1 aliphatic rings. The van der Waals surface area contributed by atoms with E-state index < -0.39 is 0 Å². The number of rotatable bonds is 13. The first-order valence-electron chi connectivity index (χ1n) is 14.4. The minimum atomic E-state index is -0.111. The number of pyridine rings is 2. The molecule has 0 unspecified atom stereocenters. The van der Waals surface area contributed by atoms with Crippen LogP contribution in [-0.2, 0) is 16.0 Å². The molecule has 0 saturated carbocycles. The molecular weight excluding hydrogens is 488 g/mol. The monoisotopic (exact) mass is 530 g/mol. The molecule has 0 atom stereocenters. The van der Waals surface area contributed by atoms with Crippen molar-refractivity contribution in [2.24, 2.45) is 0 Å². The predicted molar refractivity (Wildman–Crippen MR) is 158 cm³/mol. The number of likely N-dealkylation sites (tertiary alicyclic amines) is 1. The third-order valence-corrected chi connectivity index (χ3v) is 7.47. The molecule has 1 saturated heterocycles. The maximum atomic E-state index is 12.3. The molecule has 0 aliphatic carbocycles. The molecule has 2 amide bonds. The summed E-state index contributed by atoms with van der Waals surface area (Å²) < 4.78 is 0. The van der Waals surface area contributed by atoms with Gasteiger partial charge in [0, 0.05) is 55.1 Å². The van der Waals surface area contributed by atoms with Crippen molar-refractivity contribution in [1.82, 2.24) is 25.1 Å². The zero-order chi connectivity index (χ0) is 27.5. The normalized spacial score (nSPS) is 13.8. The zero-order valence-corrected chi connectivity index (χ0v) is 23.4. The third kappa shape index (κ3) is 8.23. The van der Waals surface area contributed by atoms with Gasteiger partial charge < -0.3 is 20.4 Å². The summed E-state index contributed by atoms with van der Waals surface area (Å²) in [4.78, 5) is 37.9. The topological polar surface area (TPSA) is 90.5 Å². The van der Waals surface area contributed by atoms with Crippen LogP contribution in [0, 0.1) is 0 Å². The number of carbonyl (C=O) groups is 2. The van der Waals surface area contributed by atoms with Gasteiger partial charge >= 0.3 is 0 Å². The Balaban J connectivity index is 1.34. The van der Waals surface area contributed by atoms with E-state index in [0.717, 1.165) is 52.9 Å². The van der Waals surface area contributed by atoms with Gasteiger partial charge in [-0.25, -0.2) is 4.98 Å². The van der Waals surface area contributed by atoms with Gasteiger partial charge in [0.2, 0.25) is 11.8 Å². The maximum Gasteiger partial charge on any atom is 0.241 e. The average molecular weight is 531 g/mol. The Labute approximate surface area is 232 Å². The van der Waals surface area contributed by atoms with Gasteiger partial charge in [0.05, 0.1) is 17.8 Å². The largest absolute Gasteiger partial charge is 0.384 e. The van der Waals surface area contributed by atoms with Gasteiger partial charge in [-0.1, -0.05) is 30.7 Å². The molecule has 8 nitrogen and oxygen atoms in total. The van der Waals surface area contributed by atoms with Crippen LogP contribution < -0.4 is 10.6 Å². The number of fused-ring (bicyclic) bond motifs is 1. The summed E-state index contributed by atoms with van der Waals surface area (Å²) in [5, 5.41) is 7.41. The van der Waals surface area contributed by atoms with Crippen molar-refractivity contribution >= 4 is 28.4 Å². The number of benzene rings is 1. The van der Waals surface area contributed by atoms with E-state index in [9.17, 15) is 9.59 Å². The van der Waals surface area contributed by atoms with Crippen molar-refractivity contribution in [3.63, 3.8) is 0 Å². The highest BCUT2D eigenvalue weighted by Gasteiger charge is 2.13. The lowest BCUT2D eigenvalue weighted by Gasteiger charge is -2.26. The third-order valence-electron chi connectivity index (χ3n) is 7.47. The molecule has 4 rings (SSSR count). The highest BCUT2D eigenvalue weighted by atomic mass is 16.2. The Hall–Kier alpha value is -3.52. The number of nitrogens with zero attached hydrogens (tertiary/aromatic N) is 4. The SMILES string of the molecule is CCN(CC)C(=O)CNC(=O)CCc1ccc(-c2cc(NCCCN3CCCCC3)c3cnccc3n2)cc1. The second kappa shape index (κ2) is 14.6. The van der Waals surface area contributed by atoms with Crippen molar-refractivity contribution in [2.45, 2.75) is 52.4 Å². The lowest BCUT2D eigenvalue weighted by molar-refractivity contribution is -0.132. The van der Waals surface area contributed by atoms with Gasteiger partial charge in [0.15, 0.2) is 0 Å². The lowest BCUT2D eigenvalue weighted by Crippen LogP contribution is -2.40. The molecule has 208 valence electrons. The van der Waals surface area contributed by atoms with Gasteiger partial charge in [-0.05, 0) is 76.9 Å². The Morgan fingerprint density at radius 3 is 2.54 bits per heavy atom. The van der Waals surface area contributed by atoms with Gasteiger partial charge in [-0.2, -0.15) is 0 Å². The highest BCUT2D eigenvalue weighted by Crippen LogP contribution is 2.28. The van der Waals surface area contributed by atoms with Crippen LogP contribution in [0.1, 0.15) is 51.5 Å². The van der Waals surface area contributed by atoms with E-state index in [-0.39, 0.29) is 18.4 Å². The lowest BCUT2D eigenvalue weighted by atomic mass is 10.0. The molecule has 39 heavy (non-hydrogen) atoms. The number of piperidine rings is 1. The summed E-state index contributed by atoms with van der Waals surface area (Å²) in [6, 6.07) is 12.3. The van der Waals surface area contributed by atoms with E-state index in [0.29, 0.717) is 25.9 Å². The number of amides is 2. The van der Waals surface area contributed by atoms with Crippen LogP contribution in [0.15, 0.2) is 48.8 Å². The Morgan fingerprint density at radius 2 is 1.79 bits per heavy atom. The standard InChI is InChI=1S/C31H42N6O2/c1-3-37(4-2)31(39)23-34-30(38)14-11-24-9-12-25(13-10-24)28-21-29(26-22-32-17-15-27(26)35-28)33-16-8-20-36-18-6-5-7-19-36/h9-10,12-13,15,17,21-22H,3-8,11,14,16,18-20,23H2,1-2H3,(H,33,35)(H,34,38). The molecule has 1 aromatic carbocycles. The van der Waals surface area contributed by atoms with Gasteiger partial charge in [0.1, 0.15) is 0 Å². The molecule has 0 bridgehead atoms. The number of anilines is 1. The molecule has 3 aromatic rings. The Kier molecular flexibility index (Phi) is 10.7. The van der Waals surface area contributed by atoms with Crippen LogP contribution in [0.25, 0.3) is 22.2 Å². The highest BCUT2D eigenvalue weighted by molar-refractivity contribution is 5.93. The van der Waals surface area contributed by atoms with Crippen LogP contribution in [0.3, 0.4) is 0 Å². The first-order chi connectivity index (χ1) is 19.1. The van der Waals surface area contributed by atoms with Crippen LogP contribution in [0.2, 0.25) is 0 Å². The van der Waals surface area contributed by atoms with Crippen molar-refractivity contribution in [3.8, 4) is 11.3 Å². The van der Waals surface area contributed by atoms with Gasteiger partial charge in [0.25, 0.3) is 0 Å². The molecule has 0 radical (unpaired) electrons. The summed E-state index contributed by atoms with van der Waals surface area (Å²) in [7, 11) is 0. The molecule has 2 N–H and O–H groups in total. The number of aryl methyl sites for hydroxylation is 1. The van der Waals surface area contributed by atoms with Crippen LogP contribution >= 0.6 is 0 Å². The van der Waals surface area contributed by atoms with Gasteiger partial charge in [-0.3, -0.25) is 14.6 Å². The first kappa shape index (κ1) is 28.5. The summed E-state index contributed by atoms with van der Waals surface area (Å²) in [6.07, 6.45) is 9.73. The van der Waals surface area contributed by atoms with Crippen molar-refractivity contribution < 1.29 is 9.59 Å². The number of hydrogen-bond donors (Lipinski definition) is 2. The molecule has 3 heterocycles. The quantitative estimate of drug-likeness (QED) is 0.316. The molecular formula is C31H42N6O2. The van der Waals surface area contributed by atoms with E-state index in [1.54, 1.807) is 11.1 Å². The molecule has 0 spiro atoms. The summed E-state index contributed by atoms with van der Waals surface area (Å²) in [5.41, 5.74) is 4.99. The smallest absolute Gasteiger partial charge is 0.241 e. The summed E-state index contributed by atoms with van der Waals surface area (Å²) in [6.45, 7) is 9.72. The molecule has 1 aliphatic heterocycles. The fourth-order valence-corrected chi connectivity index (χ4v) is 5.12. The Morgan fingerprint density at radius 1 is 1.03 bits per heavy atom. The second-order valence-corrected chi connectivity index (χ2v) is 10.2. The predicted octanol–water partition coefficient (Wildman–Crippen LogP) is 4.50. The molecule has 8 heteroatoms. The van der Waals surface area contributed by atoms with Crippen molar-refractivity contribution in [3.05, 3.63) is 54.4 Å². The van der Waals surface area contributed by atoms with Crippen LogP contribution in [0.5, 0.6) is 0 Å². The first-order valence-corrected chi connectivity index (χ1v) is 14.4. The molecule has 2 aromatic heterocycles. The number of carbonyl (C=O) groups excluding carboxylic acids is 2. The second-order valence-electron chi connectivity index (χ2n) is 10.2. The van der Waals surface area contributed by atoms with E-state index in [1.807, 2.05) is 38.2 Å². The summed E-state index contributed by atoms with van der Waals surface area (Å²) in [5.74, 6) is -0.160. The van der Waals surface area contributed by atoms with E-state index in [2.05, 4.69) is 38.7 Å². The maximum absolute atomic E-state index is 12.3. The fraction of sp³-hybridized carbons (Fsp3) is 0.484. The van der Waals surface area contributed by atoms with E-state index in [4.69, 9.17) is 4.98 Å². The summed E-state index contributed by atoms with van der Waals surface area (Å²) >= 11 is 0. The average Bonchev–Trinajstić information content (AvgIpc) is 2.98. The number of likely N-dealkylation sites (N-methyl/N-ethyl adjacent to an activating group) is 1. The van der Waals surface area contributed by atoms with Crippen LogP contribution in [0.4, 0.5) is 5.69 Å². The van der Waals surface area contributed by atoms with Crippen molar-refractivity contribution in [1.29, 1.82) is 0 Å². The Bertz CT molecular complexity index is 1220. The molecule has 1 fully saturated rings. The van der Waals surface area contributed by atoms with Gasteiger partial charge in [-0.15, -0.1) is 0 Å². The van der Waals surface area contributed by atoms with E-state index in [1.165, 1.54) is 32.4 Å². The fourth-order valence-electron chi connectivity index (χ4n) is 5.12. The number of nitrogens with one attached hydrogen (secondary N) is 2. The number of aromatic nitrogens is 2. The van der Waals surface area contributed by atoms with Crippen molar-refractivity contribution in [2.75, 3.05) is 51.1 Å². The van der Waals surface area contributed by atoms with E-state index >= 15 is 0 Å². The number of hydrogen-bond acceptors (Lipinski definition) is 6. The van der Waals surface area contributed by atoms with Crippen LogP contribution in [-0.4, -0.2) is 77.4 Å². The zero-order valence-electron chi connectivity index (χ0n) is 23.4.